The van der Waals surface area contributed by atoms with E-state index in [9.17, 15) is 0 Å². The molecule has 0 radical (unpaired) electrons. The lowest BCUT2D eigenvalue weighted by atomic mass is 10.2. The van der Waals surface area contributed by atoms with Crippen LogP contribution in [-0.2, 0) is 0 Å². The fourth-order valence-electron chi connectivity index (χ4n) is 1.94. The van der Waals surface area contributed by atoms with Gasteiger partial charge in [0.25, 0.3) is 0 Å². The largest absolute Gasteiger partial charge is 0.344 e. The number of nitrogens with one attached hydrogen (secondary N) is 1. The van der Waals surface area contributed by atoms with Crippen LogP contribution in [0.2, 0.25) is 5.02 Å². The molecule has 3 rings (SSSR count). The molecule has 1 fully saturated rings. The number of piperazine rings is 1. The van der Waals surface area contributed by atoms with Gasteiger partial charge in [-0.05, 0) is 12.1 Å². The number of rotatable bonds is 2. The van der Waals surface area contributed by atoms with E-state index in [1.54, 1.807) is 0 Å². The Bertz CT molecular complexity index is 536. The number of hydrogen-bond acceptors (Lipinski definition) is 5. The second kappa shape index (κ2) is 5.22. The number of nitrogens with zero attached hydrogens (tertiary/aromatic N) is 3. The molecule has 4 nitrogen and oxygen atoms in total. The summed E-state index contributed by atoms with van der Waals surface area (Å²) in [7, 11) is 0. The van der Waals surface area contributed by atoms with Gasteiger partial charge in [-0.3, -0.25) is 0 Å². The maximum atomic E-state index is 5.98. The van der Waals surface area contributed by atoms with Gasteiger partial charge in [-0.2, -0.15) is 9.36 Å². The highest BCUT2D eigenvalue weighted by Gasteiger charge is 2.15. The van der Waals surface area contributed by atoms with Crippen LogP contribution in [-0.4, -0.2) is 35.5 Å². The van der Waals surface area contributed by atoms with Crippen LogP contribution >= 0.6 is 23.1 Å². The molecule has 1 aromatic heterocycles. The van der Waals surface area contributed by atoms with Gasteiger partial charge in [0.2, 0.25) is 5.13 Å². The maximum absolute atomic E-state index is 5.98. The molecule has 0 amide bonds. The van der Waals surface area contributed by atoms with Gasteiger partial charge in [0, 0.05) is 48.3 Å². The summed E-state index contributed by atoms with van der Waals surface area (Å²) in [6, 6.07) is 7.65. The van der Waals surface area contributed by atoms with Crippen LogP contribution in [0.3, 0.4) is 0 Å². The Morgan fingerprint density at radius 3 is 2.89 bits per heavy atom. The lowest BCUT2D eigenvalue weighted by Crippen LogP contribution is -2.43. The minimum absolute atomic E-state index is 0.714. The Hall–Kier alpha value is -1.17. The molecule has 1 aliphatic heterocycles. The molecule has 18 heavy (non-hydrogen) atoms. The van der Waals surface area contributed by atoms with Gasteiger partial charge in [-0.1, -0.05) is 23.7 Å². The van der Waals surface area contributed by atoms with Crippen molar-refractivity contribution in [3.05, 3.63) is 29.3 Å². The Kier molecular flexibility index (Phi) is 3.45. The molecule has 0 spiro atoms. The van der Waals surface area contributed by atoms with E-state index in [0.29, 0.717) is 5.02 Å². The van der Waals surface area contributed by atoms with Crippen molar-refractivity contribution in [3.63, 3.8) is 0 Å². The van der Waals surface area contributed by atoms with Crippen LogP contribution in [0.1, 0.15) is 0 Å². The lowest BCUT2D eigenvalue weighted by molar-refractivity contribution is 0.588. The quantitative estimate of drug-likeness (QED) is 0.916. The Balaban J connectivity index is 1.84. The van der Waals surface area contributed by atoms with Gasteiger partial charge < -0.3 is 10.2 Å². The summed E-state index contributed by atoms with van der Waals surface area (Å²) in [5, 5.41) is 5.03. The second-order valence-corrected chi connectivity index (χ2v) is 5.31. The molecule has 0 aliphatic carbocycles. The molecule has 0 atom stereocenters. The number of halogens is 1. The Morgan fingerprint density at radius 2 is 2.11 bits per heavy atom. The van der Waals surface area contributed by atoms with E-state index in [4.69, 9.17) is 11.6 Å². The zero-order valence-corrected chi connectivity index (χ0v) is 11.3. The van der Waals surface area contributed by atoms with Gasteiger partial charge in [0.05, 0.1) is 0 Å². The molecular formula is C12H13ClN4S. The maximum Gasteiger partial charge on any atom is 0.205 e. The highest BCUT2D eigenvalue weighted by Crippen LogP contribution is 2.25. The van der Waals surface area contributed by atoms with E-state index >= 15 is 0 Å². The van der Waals surface area contributed by atoms with Crippen molar-refractivity contribution in [2.24, 2.45) is 0 Å². The predicted molar refractivity (Wildman–Crippen MR) is 75.4 cm³/mol. The highest BCUT2D eigenvalue weighted by molar-refractivity contribution is 7.09. The molecule has 2 aromatic rings. The molecule has 1 aromatic carbocycles. The van der Waals surface area contributed by atoms with Crippen molar-refractivity contribution >= 4 is 28.3 Å². The number of aromatic nitrogens is 2. The van der Waals surface area contributed by atoms with Gasteiger partial charge >= 0.3 is 0 Å². The van der Waals surface area contributed by atoms with Crippen LogP contribution in [0.5, 0.6) is 0 Å². The van der Waals surface area contributed by atoms with Gasteiger partial charge in [0.15, 0.2) is 5.82 Å². The zero-order chi connectivity index (χ0) is 12.4. The highest BCUT2D eigenvalue weighted by atomic mass is 35.5. The normalized spacial score (nSPS) is 15.9. The predicted octanol–water partition coefficient (Wildman–Crippen LogP) is 2.27. The van der Waals surface area contributed by atoms with E-state index in [1.165, 1.54) is 11.5 Å². The van der Waals surface area contributed by atoms with Crippen molar-refractivity contribution in [1.29, 1.82) is 0 Å². The molecular weight excluding hydrogens is 268 g/mol. The summed E-state index contributed by atoms with van der Waals surface area (Å²) >= 11 is 7.43. The summed E-state index contributed by atoms with van der Waals surface area (Å²) in [4.78, 5) is 6.86. The fourth-order valence-corrected chi connectivity index (χ4v) is 2.87. The van der Waals surface area contributed by atoms with Crippen molar-refractivity contribution in [1.82, 2.24) is 14.7 Å². The molecule has 1 saturated heterocycles. The van der Waals surface area contributed by atoms with Crippen molar-refractivity contribution in [2.75, 3.05) is 31.1 Å². The SMILES string of the molecule is Clc1cccc(-c2nsc(N3CCNCC3)n2)c1. The van der Waals surface area contributed by atoms with Crippen LogP contribution in [0, 0.1) is 0 Å². The topological polar surface area (TPSA) is 41.1 Å². The summed E-state index contributed by atoms with van der Waals surface area (Å²) in [5.74, 6) is 0.760. The summed E-state index contributed by atoms with van der Waals surface area (Å²) in [5.41, 5.74) is 0.972. The first-order valence-corrected chi connectivity index (χ1v) is 7.03. The van der Waals surface area contributed by atoms with Crippen molar-refractivity contribution in [2.45, 2.75) is 0 Å². The molecule has 94 valence electrons. The number of anilines is 1. The first kappa shape index (κ1) is 11.9. The third kappa shape index (κ3) is 2.48. The van der Waals surface area contributed by atoms with Crippen molar-refractivity contribution < 1.29 is 0 Å². The zero-order valence-electron chi connectivity index (χ0n) is 9.77. The average molecular weight is 281 g/mol. The van der Waals surface area contributed by atoms with Gasteiger partial charge in [-0.15, -0.1) is 0 Å². The van der Waals surface area contributed by atoms with Crippen LogP contribution in [0.15, 0.2) is 24.3 Å². The van der Waals surface area contributed by atoms with Gasteiger partial charge in [0.1, 0.15) is 0 Å². The summed E-state index contributed by atoms with van der Waals surface area (Å²) in [6.07, 6.45) is 0. The molecule has 1 aliphatic rings. The minimum Gasteiger partial charge on any atom is -0.344 e. The third-order valence-corrected chi connectivity index (χ3v) is 3.90. The average Bonchev–Trinajstić information content (AvgIpc) is 2.89. The van der Waals surface area contributed by atoms with E-state index in [1.807, 2.05) is 24.3 Å². The number of hydrogen-bond donors (Lipinski definition) is 1. The summed E-state index contributed by atoms with van der Waals surface area (Å²) in [6.45, 7) is 3.99. The van der Waals surface area contributed by atoms with Crippen LogP contribution in [0.4, 0.5) is 5.13 Å². The molecule has 0 saturated carbocycles. The molecule has 6 heteroatoms. The molecule has 2 heterocycles. The monoisotopic (exact) mass is 280 g/mol. The Labute approximate surface area is 115 Å². The van der Waals surface area contributed by atoms with Crippen LogP contribution < -0.4 is 10.2 Å². The summed E-state index contributed by atoms with van der Waals surface area (Å²) < 4.78 is 4.41. The van der Waals surface area contributed by atoms with Crippen molar-refractivity contribution in [3.8, 4) is 11.4 Å². The fraction of sp³-hybridized carbons (Fsp3) is 0.333. The second-order valence-electron chi connectivity index (χ2n) is 4.15. The van der Waals surface area contributed by atoms with E-state index < -0.39 is 0 Å². The van der Waals surface area contributed by atoms with Crippen LogP contribution in [0.25, 0.3) is 11.4 Å². The lowest BCUT2D eigenvalue weighted by Gasteiger charge is -2.26. The smallest absolute Gasteiger partial charge is 0.205 e. The van der Waals surface area contributed by atoms with E-state index in [0.717, 1.165) is 42.7 Å². The molecule has 1 N–H and O–H groups in total. The third-order valence-electron chi connectivity index (χ3n) is 2.89. The van der Waals surface area contributed by atoms with E-state index in [-0.39, 0.29) is 0 Å². The Morgan fingerprint density at radius 1 is 1.28 bits per heavy atom. The van der Waals surface area contributed by atoms with E-state index in [2.05, 4.69) is 19.6 Å². The first-order valence-electron chi connectivity index (χ1n) is 5.88. The standard InChI is InChI=1S/C12H13ClN4S/c13-10-3-1-2-9(8-10)11-15-12(18-16-11)17-6-4-14-5-7-17/h1-3,8,14H,4-7H2. The van der Waals surface area contributed by atoms with Gasteiger partial charge in [-0.25, -0.2) is 0 Å². The first-order chi connectivity index (χ1) is 8.83. The minimum atomic E-state index is 0.714. The number of benzene rings is 1. The molecule has 0 bridgehead atoms. The molecule has 0 unspecified atom stereocenters.